The Morgan fingerprint density at radius 3 is 2.68 bits per heavy atom. The van der Waals surface area contributed by atoms with Crippen molar-refractivity contribution in [1.82, 2.24) is 9.29 Å². The molecule has 19 heavy (non-hydrogen) atoms. The molecule has 0 spiro atoms. The van der Waals surface area contributed by atoms with Gasteiger partial charge in [-0.15, -0.1) is 11.6 Å². The summed E-state index contributed by atoms with van der Waals surface area (Å²) < 4.78 is 40.0. The third-order valence-corrected chi connectivity index (χ3v) is 5.37. The van der Waals surface area contributed by atoms with Gasteiger partial charge in [0.1, 0.15) is 0 Å². The highest BCUT2D eigenvalue weighted by Crippen LogP contribution is 2.28. The molecule has 0 radical (unpaired) electrons. The standard InChI is InChI=1S/C12H16ClFN2O2S/c13-7-9-16(10-4-1-2-5-10)19(17,18)12-11(14)6-3-8-15-12/h3,6,8,10H,1-2,4-5,7,9H2. The molecule has 0 N–H and O–H groups in total. The van der Waals surface area contributed by atoms with Crippen LogP contribution in [-0.4, -0.2) is 36.2 Å². The lowest BCUT2D eigenvalue weighted by molar-refractivity contribution is 0.333. The van der Waals surface area contributed by atoms with E-state index in [0.29, 0.717) is 0 Å². The third kappa shape index (κ3) is 3.07. The van der Waals surface area contributed by atoms with E-state index in [4.69, 9.17) is 11.6 Å². The van der Waals surface area contributed by atoms with Crippen LogP contribution in [0.5, 0.6) is 0 Å². The van der Waals surface area contributed by atoms with Gasteiger partial charge in [0.15, 0.2) is 5.82 Å². The number of hydrogen-bond acceptors (Lipinski definition) is 3. The number of nitrogens with zero attached hydrogens (tertiary/aromatic N) is 2. The average molecular weight is 307 g/mol. The van der Waals surface area contributed by atoms with Crippen molar-refractivity contribution in [3.8, 4) is 0 Å². The fourth-order valence-corrected chi connectivity index (χ4v) is 4.39. The van der Waals surface area contributed by atoms with E-state index in [2.05, 4.69) is 4.98 Å². The highest BCUT2D eigenvalue weighted by atomic mass is 35.5. The third-order valence-electron chi connectivity index (χ3n) is 3.31. The molecule has 1 aromatic heterocycles. The minimum atomic E-state index is -3.91. The Hall–Kier alpha value is -0.720. The van der Waals surface area contributed by atoms with E-state index in [1.165, 1.54) is 16.6 Å². The van der Waals surface area contributed by atoms with Crippen LogP contribution in [-0.2, 0) is 10.0 Å². The van der Waals surface area contributed by atoms with Crippen molar-refractivity contribution >= 4 is 21.6 Å². The van der Waals surface area contributed by atoms with E-state index in [1.54, 1.807) is 0 Å². The molecule has 0 unspecified atom stereocenters. The van der Waals surface area contributed by atoms with Gasteiger partial charge in [0, 0.05) is 24.7 Å². The molecule has 1 heterocycles. The summed E-state index contributed by atoms with van der Waals surface area (Å²) in [5.41, 5.74) is 0. The molecule has 1 saturated carbocycles. The summed E-state index contributed by atoms with van der Waals surface area (Å²) in [5.74, 6) is -0.635. The number of hydrogen-bond donors (Lipinski definition) is 0. The Bertz CT molecular complexity index is 532. The van der Waals surface area contributed by atoms with Gasteiger partial charge >= 0.3 is 0 Å². The van der Waals surface area contributed by atoms with Crippen LogP contribution >= 0.6 is 11.6 Å². The Morgan fingerprint density at radius 2 is 2.11 bits per heavy atom. The van der Waals surface area contributed by atoms with Gasteiger partial charge in [0.2, 0.25) is 5.03 Å². The molecule has 1 aliphatic carbocycles. The zero-order valence-electron chi connectivity index (χ0n) is 10.4. The summed E-state index contributed by atoms with van der Waals surface area (Å²) in [5, 5.41) is -0.507. The lowest BCUT2D eigenvalue weighted by Crippen LogP contribution is -2.40. The molecule has 2 rings (SSSR count). The van der Waals surface area contributed by atoms with Crippen molar-refractivity contribution < 1.29 is 12.8 Å². The largest absolute Gasteiger partial charge is 0.263 e. The van der Waals surface area contributed by atoms with E-state index < -0.39 is 20.9 Å². The fraction of sp³-hybridized carbons (Fsp3) is 0.583. The van der Waals surface area contributed by atoms with Crippen molar-refractivity contribution in [2.24, 2.45) is 0 Å². The summed E-state index contributed by atoms with van der Waals surface area (Å²) in [7, 11) is -3.91. The van der Waals surface area contributed by atoms with Gasteiger partial charge in [-0.3, -0.25) is 0 Å². The molecule has 0 aromatic carbocycles. The summed E-state index contributed by atoms with van der Waals surface area (Å²) in [6, 6.07) is 2.38. The number of sulfonamides is 1. The first-order valence-corrected chi connectivity index (χ1v) is 8.23. The lowest BCUT2D eigenvalue weighted by Gasteiger charge is -2.26. The van der Waals surface area contributed by atoms with Gasteiger partial charge < -0.3 is 0 Å². The van der Waals surface area contributed by atoms with Crippen LogP contribution < -0.4 is 0 Å². The molecule has 0 amide bonds. The molecule has 0 bridgehead atoms. The number of aromatic nitrogens is 1. The SMILES string of the molecule is O=S(=O)(c1ncccc1F)N(CCCl)C1CCCC1. The fourth-order valence-electron chi connectivity index (χ4n) is 2.45. The number of rotatable bonds is 5. The van der Waals surface area contributed by atoms with Gasteiger partial charge in [0.25, 0.3) is 10.0 Å². The zero-order valence-corrected chi connectivity index (χ0v) is 12.0. The second-order valence-electron chi connectivity index (χ2n) is 4.53. The molecule has 0 saturated heterocycles. The summed E-state index contributed by atoms with van der Waals surface area (Å²) in [4.78, 5) is 3.68. The minimum absolute atomic E-state index is 0.0924. The van der Waals surface area contributed by atoms with Crippen LogP contribution in [0.25, 0.3) is 0 Å². The van der Waals surface area contributed by atoms with E-state index in [9.17, 15) is 12.8 Å². The predicted octanol–water partition coefficient (Wildman–Crippen LogP) is 2.39. The smallest absolute Gasteiger partial charge is 0.241 e. The van der Waals surface area contributed by atoms with Gasteiger partial charge in [-0.1, -0.05) is 12.8 Å². The Labute approximate surface area is 117 Å². The van der Waals surface area contributed by atoms with Gasteiger partial charge in [0.05, 0.1) is 0 Å². The summed E-state index contributed by atoms with van der Waals surface area (Å²) >= 11 is 5.69. The second kappa shape index (κ2) is 6.15. The van der Waals surface area contributed by atoms with Gasteiger partial charge in [-0.25, -0.2) is 17.8 Å². The van der Waals surface area contributed by atoms with E-state index in [-0.39, 0.29) is 18.5 Å². The monoisotopic (exact) mass is 306 g/mol. The van der Waals surface area contributed by atoms with E-state index in [1.807, 2.05) is 0 Å². The first-order valence-electron chi connectivity index (χ1n) is 6.25. The van der Waals surface area contributed by atoms with Crippen LogP contribution in [0, 0.1) is 5.82 Å². The summed E-state index contributed by atoms with van der Waals surface area (Å²) in [6.45, 7) is 0.185. The van der Waals surface area contributed by atoms with Crippen LogP contribution in [0.1, 0.15) is 25.7 Å². The lowest BCUT2D eigenvalue weighted by atomic mass is 10.2. The topological polar surface area (TPSA) is 50.3 Å². The summed E-state index contributed by atoms with van der Waals surface area (Å²) in [6.07, 6.45) is 4.85. The van der Waals surface area contributed by atoms with Crippen molar-refractivity contribution in [3.63, 3.8) is 0 Å². The van der Waals surface area contributed by atoms with E-state index in [0.717, 1.165) is 31.7 Å². The molecular weight excluding hydrogens is 291 g/mol. The number of alkyl halides is 1. The molecule has 0 aliphatic heterocycles. The number of halogens is 2. The van der Waals surface area contributed by atoms with Crippen LogP contribution in [0.3, 0.4) is 0 Å². The normalized spacial score (nSPS) is 17.2. The van der Waals surface area contributed by atoms with Gasteiger partial charge in [-0.2, -0.15) is 4.31 Å². The Morgan fingerprint density at radius 1 is 1.42 bits per heavy atom. The highest BCUT2D eigenvalue weighted by Gasteiger charge is 2.35. The zero-order chi connectivity index (χ0) is 13.9. The molecule has 1 aliphatic rings. The van der Waals surface area contributed by atoms with Crippen LogP contribution in [0.4, 0.5) is 4.39 Å². The minimum Gasteiger partial charge on any atom is -0.241 e. The van der Waals surface area contributed by atoms with Crippen LogP contribution in [0.2, 0.25) is 0 Å². The maximum atomic E-state index is 13.7. The average Bonchev–Trinajstić information content (AvgIpc) is 2.89. The van der Waals surface area contributed by atoms with Crippen molar-refractivity contribution in [1.29, 1.82) is 0 Å². The first-order chi connectivity index (χ1) is 9.07. The molecule has 1 fully saturated rings. The van der Waals surface area contributed by atoms with Crippen molar-refractivity contribution in [2.45, 2.75) is 36.8 Å². The quantitative estimate of drug-likeness (QED) is 0.785. The van der Waals surface area contributed by atoms with Crippen molar-refractivity contribution in [3.05, 3.63) is 24.1 Å². The maximum Gasteiger partial charge on any atom is 0.263 e. The highest BCUT2D eigenvalue weighted by molar-refractivity contribution is 7.89. The molecule has 106 valence electrons. The molecule has 1 aromatic rings. The molecule has 7 heteroatoms. The molecule has 0 atom stereocenters. The van der Waals surface area contributed by atoms with E-state index >= 15 is 0 Å². The Kier molecular flexibility index (Phi) is 4.76. The predicted molar refractivity (Wildman–Crippen MR) is 71.1 cm³/mol. The number of pyridine rings is 1. The first kappa shape index (κ1) is 14.7. The molecular formula is C12H16ClFN2O2S. The van der Waals surface area contributed by atoms with Gasteiger partial charge in [-0.05, 0) is 25.0 Å². The maximum absolute atomic E-state index is 13.7. The molecule has 4 nitrogen and oxygen atoms in total. The van der Waals surface area contributed by atoms with Crippen molar-refractivity contribution in [2.75, 3.05) is 12.4 Å². The van der Waals surface area contributed by atoms with Crippen LogP contribution in [0.15, 0.2) is 23.4 Å². The second-order valence-corrected chi connectivity index (χ2v) is 6.72. The Balaban J connectivity index is 2.36.